The van der Waals surface area contributed by atoms with Crippen LogP contribution in [0.2, 0.25) is 0 Å². The summed E-state index contributed by atoms with van der Waals surface area (Å²) in [5.74, 6) is -2.55. The molecule has 1 atom stereocenters. The predicted molar refractivity (Wildman–Crippen MR) is 133 cm³/mol. The molecule has 0 saturated heterocycles. The van der Waals surface area contributed by atoms with E-state index >= 15 is 0 Å². The maximum absolute atomic E-state index is 14.8. The number of thiazole rings is 1. The standard InChI is InChI=1S/C26H21F4N3O3S/c1-13(2)22(24(35)36)33-23(34)15-5-3-14(4-6-15)16-7-9-19(18(27)11-16)31-25-32-20-10-8-17(26(28,29)30)12-21(20)37-25/h3-13,22H,1-2H3,(H,31,32)(H,33,34)(H,35,36)/t22-/m0/s1. The molecule has 3 aromatic carbocycles. The first-order valence-electron chi connectivity index (χ1n) is 11.1. The number of aliphatic carboxylic acids is 1. The third kappa shape index (κ3) is 5.88. The molecular weight excluding hydrogens is 510 g/mol. The van der Waals surface area contributed by atoms with Gasteiger partial charge < -0.3 is 15.7 Å². The molecule has 192 valence electrons. The first-order chi connectivity index (χ1) is 17.4. The maximum atomic E-state index is 14.8. The van der Waals surface area contributed by atoms with Crippen LogP contribution in [0.15, 0.2) is 60.7 Å². The number of alkyl halides is 3. The summed E-state index contributed by atoms with van der Waals surface area (Å²) in [6, 6.07) is 12.9. The van der Waals surface area contributed by atoms with E-state index in [4.69, 9.17) is 0 Å². The molecule has 0 bridgehead atoms. The summed E-state index contributed by atoms with van der Waals surface area (Å²) < 4.78 is 54.0. The van der Waals surface area contributed by atoms with Crippen LogP contribution in [-0.4, -0.2) is 28.0 Å². The Morgan fingerprint density at radius 1 is 0.973 bits per heavy atom. The zero-order valence-electron chi connectivity index (χ0n) is 19.6. The Balaban J connectivity index is 1.49. The number of amides is 1. The van der Waals surface area contributed by atoms with Crippen molar-refractivity contribution in [3.8, 4) is 11.1 Å². The number of fused-ring (bicyclic) bond motifs is 1. The predicted octanol–water partition coefficient (Wildman–Crippen LogP) is 6.70. The molecule has 4 aromatic rings. The highest BCUT2D eigenvalue weighted by Crippen LogP contribution is 2.35. The molecule has 1 aromatic heterocycles. The van der Waals surface area contributed by atoms with Gasteiger partial charge in [0.25, 0.3) is 5.91 Å². The van der Waals surface area contributed by atoms with Crippen molar-refractivity contribution in [2.75, 3.05) is 5.32 Å². The summed E-state index contributed by atoms with van der Waals surface area (Å²) >= 11 is 0.980. The van der Waals surface area contributed by atoms with E-state index in [0.717, 1.165) is 23.5 Å². The minimum atomic E-state index is -4.47. The summed E-state index contributed by atoms with van der Waals surface area (Å²) in [6.45, 7) is 3.38. The fourth-order valence-electron chi connectivity index (χ4n) is 3.62. The lowest BCUT2D eigenvalue weighted by molar-refractivity contribution is -0.140. The number of carboxylic acid groups (broad SMARTS) is 1. The number of benzene rings is 3. The summed E-state index contributed by atoms with van der Waals surface area (Å²) in [7, 11) is 0. The lowest BCUT2D eigenvalue weighted by Crippen LogP contribution is -2.44. The highest BCUT2D eigenvalue weighted by molar-refractivity contribution is 7.22. The number of hydrogen-bond donors (Lipinski definition) is 3. The van der Waals surface area contributed by atoms with Gasteiger partial charge >= 0.3 is 12.1 Å². The first kappa shape index (κ1) is 26.1. The number of carbonyl (C=O) groups excluding carboxylic acids is 1. The van der Waals surface area contributed by atoms with Crippen molar-refractivity contribution in [3.05, 3.63) is 77.6 Å². The number of nitrogens with zero attached hydrogens (tertiary/aromatic N) is 1. The van der Waals surface area contributed by atoms with Crippen molar-refractivity contribution in [1.29, 1.82) is 0 Å². The lowest BCUT2D eigenvalue weighted by Gasteiger charge is -2.18. The van der Waals surface area contributed by atoms with E-state index in [1.165, 1.54) is 30.3 Å². The van der Waals surface area contributed by atoms with Gasteiger partial charge in [0, 0.05) is 5.56 Å². The van der Waals surface area contributed by atoms with Crippen molar-refractivity contribution in [1.82, 2.24) is 10.3 Å². The zero-order valence-corrected chi connectivity index (χ0v) is 20.4. The second-order valence-electron chi connectivity index (χ2n) is 8.63. The minimum absolute atomic E-state index is 0.100. The Kier molecular flexibility index (Phi) is 7.17. The third-order valence-electron chi connectivity index (χ3n) is 5.63. The number of halogens is 4. The van der Waals surface area contributed by atoms with Crippen molar-refractivity contribution >= 4 is 44.2 Å². The van der Waals surface area contributed by atoms with E-state index < -0.39 is 35.5 Å². The fourth-order valence-corrected chi connectivity index (χ4v) is 4.54. The topological polar surface area (TPSA) is 91.3 Å². The van der Waals surface area contributed by atoms with Crippen LogP contribution in [-0.2, 0) is 11.0 Å². The lowest BCUT2D eigenvalue weighted by atomic mass is 10.0. The van der Waals surface area contributed by atoms with Crippen LogP contribution in [0.3, 0.4) is 0 Å². The van der Waals surface area contributed by atoms with Crippen molar-refractivity contribution in [2.45, 2.75) is 26.1 Å². The van der Waals surface area contributed by atoms with E-state index in [2.05, 4.69) is 15.6 Å². The molecule has 0 aliphatic heterocycles. The number of carbonyl (C=O) groups is 2. The summed E-state index contributed by atoms with van der Waals surface area (Å²) in [6.07, 6.45) is -4.47. The van der Waals surface area contributed by atoms with Gasteiger partial charge in [-0.2, -0.15) is 13.2 Å². The van der Waals surface area contributed by atoms with Crippen molar-refractivity contribution in [2.24, 2.45) is 5.92 Å². The molecule has 37 heavy (non-hydrogen) atoms. The van der Waals surface area contributed by atoms with Crippen LogP contribution >= 0.6 is 11.3 Å². The van der Waals surface area contributed by atoms with Gasteiger partial charge in [0.2, 0.25) is 0 Å². The minimum Gasteiger partial charge on any atom is -0.480 e. The molecule has 4 rings (SSSR count). The molecule has 0 spiro atoms. The average Bonchev–Trinajstić information content (AvgIpc) is 3.24. The van der Waals surface area contributed by atoms with Gasteiger partial charge in [-0.1, -0.05) is 43.4 Å². The molecule has 11 heteroatoms. The number of nitrogens with one attached hydrogen (secondary N) is 2. The highest BCUT2D eigenvalue weighted by Gasteiger charge is 2.30. The molecule has 0 radical (unpaired) electrons. The zero-order chi connectivity index (χ0) is 26.9. The third-order valence-corrected chi connectivity index (χ3v) is 6.56. The molecular formula is C26H21F4N3O3S. The first-order valence-corrected chi connectivity index (χ1v) is 11.9. The number of hydrogen-bond acceptors (Lipinski definition) is 5. The second-order valence-corrected chi connectivity index (χ2v) is 9.66. The van der Waals surface area contributed by atoms with Gasteiger partial charge in [0.15, 0.2) is 5.13 Å². The van der Waals surface area contributed by atoms with Gasteiger partial charge in [-0.05, 0) is 59.5 Å². The van der Waals surface area contributed by atoms with Gasteiger partial charge in [0.1, 0.15) is 11.9 Å². The Morgan fingerprint density at radius 3 is 2.24 bits per heavy atom. The molecule has 0 saturated carbocycles. The molecule has 3 N–H and O–H groups in total. The number of aromatic nitrogens is 1. The number of rotatable bonds is 7. The smallest absolute Gasteiger partial charge is 0.416 e. The summed E-state index contributed by atoms with van der Waals surface area (Å²) in [5.41, 5.74) is 1.10. The van der Waals surface area contributed by atoms with Gasteiger partial charge in [-0.25, -0.2) is 14.2 Å². The van der Waals surface area contributed by atoms with Crippen LogP contribution < -0.4 is 10.6 Å². The molecule has 0 aliphatic rings. The van der Waals surface area contributed by atoms with Crippen LogP contribution in [0.4, 0.5) is 28.4 Å². The van der Waals surface area contributed by atoms with Crippen LogP contribution in [0.25, 0.3) is 21.3 Å². The molecule has 0 fully saturated rings. The normalized spacial score (nSPS) is 12.5. The Bertz CT molecular complexity index is 1470. The van der Waals surface area contributed by atoms with E-state index in [9.17, 15) is 32.3 Å². The highest BCUT2D eigenvalue weighted by atomic mass is 32.1. The molecule has 0 aliphatic carbocycles. The average molecular weight is 532 g/mol. The van der Waals surface area contributed by atoms with Gasteiger partial charge in [-0.3, -0.25) is 4.79 Å². The molecule has 1 amide bonds. The Hall–Kier alpha value is -3.99. The number of anilines is 2. The van der Waals surface area contributed by atoms with E-state index in [-0.39, 0.29) is 22.3 Å². The Labute approximate surface area is 213 Å². The van der Waals surface area contributed by atoms with Crippen LogP contribution in [0.5, 0.6) is 0 Å². The van der Waals surface area contributed by atoms with Gasteiger partial charge in [0.05, 0.1) is 21.5 Å². The summed E-state index contributed by atoms with van der Waals surface area (Å²) in [5, 5.41) is 14.8. The molecule has 1 heterocycles. The maximum Gasteiger partial charge on any atom is 0.416 e. The SMILES string of the molecule is CC(C)[C@H](NC(=O)c1ccc(-c2ccc(Nc3nc4ccc(C(F)(F)F)cc4s3)c(F)c2)cc1)C(=O)O. The van der Waals surface area contributed by atoms with E-state index in [1.54, 1.807) is 32.0 Å². The van der Waals surface area contributed by atoms with Crippen molar-refractivity contribution in [3.63, 3.8) is 0 Å². The second kappa shape index (κ2) is 10.2. The fraction of sp³-hybridized carbons (Fsp3) is 0.192. The Morgan fingerprint density at radius 2 is 1.65 bits per heavy atom. The monoisotopic (exact) mass is 531 g/mol. The van der Waals surface area contributed by atoms with Gasteiger partial charge in [-0.15, -0.1) is 0 Å². The molecule has 0 unspecified atom stereocenters. The van der Waals surface area contributed by atoms with Crippen molar-refractivity contribution < 1.29 is 32.3 Å². The summed E-state index contributed by atoms with van der Waals surface area (Å²) in [4.78, 5) is 27.9. The van der Waals surface area contributed by atoms with E-state index in [0.29, 0.717) is 21.3 Å². The van der Waals surface area contributed by atoms with E-state index in [1.807, 2.05) is 0 Å². The molecule has 6 nitrogen and oxygen atoms in total. The van der Waals surface area contributed by atoms with Crippen LogP contribution in [0.1, 0.15) is 29.8 Å². The van der Waals surface area contributed by atoms with Crippen LogP contribution in [0, 0.1) is 11.7 Å². The largest absolute Gasteiger partial charge is 0.480 e. The number of carboxylic acids is 1. The quantitative estimate of drug-likeness (QED) is 0.231.